The third kappa shape index (κ3) is 8.47. The van der Waals surface area contributed by atoms with E-state index in [0.29, 0.717) is 0 Å². The molecule has 259 valence electrons. The molecule has 5 aromatic rings. The van der Waals surface area contributed by atoms with Gasteiger partial charge >= 0.3 is 12.4 Å². The molecule has 11 heteroatoms. The maximum absolute atomic E-state index is 13.7. The molecule has 1 N–H and O–H groups in total. The maximum Gasteiger partial charge on any atom is 0.448 e. The summed E-state index contributed by atoms with van der Waals surface area (Å²) < 4.78 is 77.7. The van der Waals surface area contributed by atoms with Gasteiger partial charge in [0.25, 0.3) is 0 Å². The van der Waals surface area contributed by atoms with Gasteiger partial charge in [0, 0.05) is 58.8 Å². The Kier molecular flexibility index (Phi) is 11.7. The van der Waals surface area contributed by atoms with Crippen LogP contribution in [0.15, 0.2) is 72.6 Å². The molecule has 0 aliphatic rings. The van der Waals surface area contributed by atoms with Crippen LogP contribution in [0.4, 0.5) is 26.3 Å². The van der Waals surface area contributed by atoms with Crippen LogP contribution in [0.1, 0.15) is 59.6 Å². The van der Waals surface area contributed by atoms with E-state index in [1.807, 2.05) is 36.4 Å². The number of pyridine rings is 1. The first kappa shape index (κ1) is 39.2. The number of rotatable bonds is 5. The van der Waals surface area contributed by atoms with E-state index in [4.69, 9.17) is 10.1 Å². The van der Waals surface area contributed by atoms with Gasteiger partial charge in [0.15, 0.2) is 5.78 Å². The van der Waals surface area contributed by atoms with Crippen molar-refractivity contribution in [1.82, 2.24) is 4.98 Å². The monoisotopic (exact) mass is 865 g/mol. The van der Waals surface area contributed by atoms with Gasteiger partial charge in [-0.1, -0.05) is 95.8 Å². The van der Waals surface area contributed by atoms with Gasteiger partial charge in [0.1, 0.15) is 0 Å². The molecule has 0 bridgehead atoms. The molecule has 0 amide bonds. The van der Waals surface area contributed by atoms with Gasteiger partial charge in [-0.25, -0.2) is 0 Å². The summed E-state index contributed by atoms with van der Waals surface area (Å²) in [6.45, 7) is 12.0. The predicted octanol–water partition coefficient (Wildman–Crippen LogP) is 11.7. The molecular formula is C37H36F6IrNO2S-. The van der Waals surface area contributed by atoms with E-state index in [1.165, 1.54) is 50.0 Å². The molecule has 1 radical (unpaired) electrons. The molecule has 3 aromatic carbocycles. The molecule has 0 saturated heterocycles. The fraction of sp³-hybridized carbons (Fsp3) is 0.351. The number of carbonyl (C=O) groups excluding carboxylic acids is 1. The normalized spacial score (nSPS) is 13.1. The van der Waals surface area contributed by atoms with Crippen LogP contribution in [0, 0.1) is 17.4 Å². The number of ketones is 1. The molecule has 0 fully saturated rings. The van der Waals surface area contributed by atoms with Crippen molar-refractivity contribution in [3.05, 3.63) is 89.8 Å². The summed E-state index contributed by atoms with van der Waals surface area (Å²) >= 11 is 1.53. The van der Waals surface area contributed by atoms with Crippen molar-refractivity contribution >= 4 is 48.1 Å². The molecule has 2 heterocycles. The minimum atomic E-state index is -4.83. The van der Waals surface area contributed by atoms with E-state index in [-0.39, 0.29) is 38.0 Å². The van der Waals surface area contributed by atoms with Crippen molar-refractivity contribution in [1.29, 1.82) is 0 Å². The molecule has 0 aliphatic carbocycles. The molecule has 0 unspecified atom stereocenters. The van der Waals surface area contributed by atoms with Crippen molar-refractivity contribution in [3.8, 4) is 11.3 Å². The van der Waals surface area contributed by atoms with Crippen LogP contribution in [0.25, 0.3) is 42.2 Å². The number of allylic oxidation sites excluding steroid dienone is 2. The second-order valence-corrected chi connectivity index (χ2v) is 14.5. The molecule has 0 atom stereocenters. The Morgan fingerprint density at radius 1 is 0.896 bits per heavy atom. The molecule has 5 rings (SSSR count). The number of fused-ring (bicyclic) bond motifs is 4. The number of hydrogen-bond donors (Lipinski definition) is 1. The smallest absolute Gasteiger partial charge is 0.448 e. The summed E-state index contributed by atoms with van der Waals surface area (Å²) in [5.41, 5.74) is 1.77. The van der Waals surface area contributed by atoms with Crippen LogP contribution in [0.2, 0.25) is 0 Å². The van der Waals surface area contributed by atoms with Crippen molar-refractivity contribution in [3.63, 3.8) is 0 Å². The van der Waals surface area contributed by atoms with Crippen molar-refractivity contribution in [2.75, 3.05) is 0 Å². The molecule has 0 aliphatic heterocycles. The zero-order valence-electron chi connectivity index (χ0n) is 27.4. The maximum atomic E-state index is 13.7. The SMILES string of the molecule is CC(C)(C)c1cc(-c2nccc3c2sc2c(CC(C)(C)C(F)(F)F)cccc23)[c-]c2ccccc12.CC(C)C(=O)/C=C(\O)C(F)(F)F.[Ir]. The molecular weight excluding hydrogens is 829 g/mol. The largest absolute Gasteiger partial charge is 0.504 e. The fourth-order valence-electron chi connectivity index (χ4n) is 5.05. The Labute approximate surface area is 293 Å². The number of carbonyl (C=O) groups is 1. The third-order valence-corrected chi connectivity index (χ3v) is 9.18. The average Bonchev–Trinajstić information content (AvgIpc) is 3.35. The van der Waals surface area contributed by atoms with E-state index in [2.05, 4.69) is 45.0 Å². The number of aliphatic hydroxyl groups is 1. The zero-order chi connectivity index (χ0) is 35.1. The van der Waals surface area contributed by atoms with E-state index in [0.717, 1.165) is 42.4 Å². The summed E-state index contributed by atoms with van der Waals surface area (Å²) in [5, 5.41) is 12.5. The van der Waals surface area contributed by atoms with Gasteiger partial charge in [-0.3, -0.25) is 9.78 Å². The van der Waals surface area contributed by atoms with Gasteiger partial charge in [0.2, 0.25) is 5.76 Å². The second kappa shape index (κ2) is 14.3. The van der Waals surface area contributed by atoms with E-state index in [1.54, 1.807) is 6.20 Å². The van der Waals surface area contributed by atoms with Gasteiger partial charge in [-0.2, -0.15) is 26.3 Å². The number of aliphatic hydroxyl groups excluding tert-OH is 1. The summed E-state index contributed by atoms with van der Waals surface area (Å²) in [6, 6.07) is 21.6. The van der Waals surface area contributed by atoms with Gasteiger partial charge in [0.05, 0.1) is 5.41 Å². The van der Waals surface area contributed by atoms with Gasteiger partial charge in [-0.15, -0.1) is 40.5 Å². The standard InChI is InChI=1S/C30H27F3NS.C7H9F3O2.Ir/c1-28(2,3)24-16-20(15-18-9-6-7-11-21(18)24)25-27-23(13-14-34-25)22-12-8-10-19(26(22)35-27)17-29(4,5)30(31,32)33;1-4(2)5(11)3-6(12)7(8,9)10;/h6-14,16H,17H2,1-5H3;3-4,12H,1-2H3;/q-1;;/b;6-3-;. The number of nitrogens with zero attached hydrogens (tertiary/aromatic N) is 1. The second-order valence-electron chi connectivity index (χ2n) is 13.5. The molecule has 2 aromatic heterocycles. The van der Waals surface area contributed by atoms with Crippen LogP contribution < -0.4 is 0 Å². The summed E-state index contributed by atoms with van der Waals surface area (Å²) in [6.07, 6.45) is -7.19. The van der Waals surface area contributed by atoms with Crippen molar-refractivity contribution in [2.45, 2.75) is 72.7 Å². The van der Waals surface area contributed by atoms with E-state index < -0.39 is 35.2 Å². The molecule has 48 heavy (non-hydrogen) atoms. The fourth-order valence-corrected chi connectivity index (χ4v) is 6.36. The molecule has 3 nitrogen and oxygen atoms in total. The Morgan fingerprint density at radius 2 is 1.50 bits per heavy atom. The Bertz CT molecular complexity index is 1970. The number of benzene rings is 3. The summed E-state index contributed by atoms with van der Waals surface area (Å²) in [5.74, 6) is -3.14. The first-order chi connectivity index (χ1) is 21.6. The minimum absolute atomic E-state index is 0. The van der Waals surface area contributed by atoms with Crippen LogP contribution in [0.5, 0.6) is 0 Å². The van der Waals surface area contributed by atoms with Crippen LogP contribution >= 0.6 is 11.3 Å². The number of halogens is 6. The molecule has 0 spiro atoms. The molecule has 0 saturated carbocycles. The summed E-state index contributed by atoms with van der Waals surface area (Å²) in [7, 11) is 0. The number of alkyl halides is 6. The Hall–Kier alpha value is -3.27. The first-order valence-corrected chi connectivity index (χ1v) is 15.8. The number of aromatic nitrogens is 1. The quantitative estimate of drug-likeness (QED) is 0.0829. The zero-order valence-corrected chi connectivity index (χ0v) is 30.7. The average molecular weight is 865 g/mol. The first-order valence-electron chi connectivity index (χ1n) is 15.0. The topological polar surface area (TPSA) is 50.2 Å². The van der Waals surface area contributed by atoms with Crippen molar-refractivity contribution < 1.29 is 56.3 Å². The minimum Gasteiger partial charge on any atom is -0.504 e. The van der Waals surface area contributed by atoms with E-state index in [9.17, 15) is 31.1 Å². The van der Waals surface area contributed by atoms with Gasteiger partial charge in [-0.05, 0) is 28.9 Å². The number of thiophene rings is 1. The third-order valence-electron chi connectivity index (χ3n) is 7.87. The number of hydrogen-bond acceptors (Lipinski definition) is 4. The predicted molar refractivity (Wildman–Crippen MR) is 178 cm³/mol. The van der Waals surface area contributed by atoms with Crippen LogP contribution in [-0.4, -0.2) is 28.2 Å². The van der Waals surface area contributed by atoms with Crippen molar-refractivity contribution in [2.24, 2.45) is 11.3 Å². The van der Waals surface area contributed by atoms with E-state index >= 15 is 0 Å². The van der Waals surface area contributed by atoms with Crippen LogP contribution in [0.3, 0.4) is 0 Å². The summed E-state index contributed by atoms with van der Waals surface area (Å²) in [4.78, 5) is 15.4. The Morgan fingerprint density at radius 3 is 2.08 bits per heavy atom. The Balaban J connectivity index is 0.000000413. The van der Waals surface area contributed by atoms with Gasteiger partial charge < -0.3 is 5.11 Å². The van der Waals surface area contributed by atoms with Crippen LogP contribution in [-0.2, 0) is 36.7 Å².